The molecule has 2 aromatic carbocycles. The maximum Gasteiger partial charge on any atom is 0.258 e. The van der Waals surface area contributed by atoms with Crippen LogP contribution in [0, 0.1) is 0 Å². The topological polar surface area (TPSA) is 64.9 Å². The van der Waals surface area contributed by atoms with Crippen LogP contribution >= 0.6 is 15.9 Å². The van der Waals surface area contributed by atoms with Crippen molar-refractivity contribution < 1.29 is 4.52 Å². The fourth-order valence-electron chi connectivity index (χ4n) is 1.72. The van der Waals surface area contributed by atoms with Crippen molar-refractivity contribution in [3.63, 3.8) is 0 Å². The van der Waals surface area contributed by atoms with Crippen LogP contribution in [0.4, 0.5) is 5.69 Å². The van der Waals surface area contributed by atoms with Crippen molar-refractivity contribution >= 4 is 21.6 Å². The van der Waals surface area contributed by atoms with Crippen LogP contribution in [-0.4, -0.2) is 10.1 Å². The van der Waals surface area contributed by atoms with Crippen LogP contribution in [0.15, 0.2) is 57.5 Å². The molecule has 19 heavy (non-hydrogen) atoms. The molecule has 5 heteroatoms. The Morgan fingerprint density at radius 3 is 2.47 bits per heavy atom. The summed E-state index contributed by atoms with van der Waals surface area (Å²) in [5.41, 5.74) is 8.09. The van der Waals surface area contributed by atoms with Gasteiger partial charge < -0.3 is 10.3 Å². The number of aromatic nitrogens is 2. The average molecular weight is 316 g/mol. The quantitative estimate of drug-likeness (QED) is 0.731. The van der Waals surface area contributed by atoms with Gasteiger partial charge in [0.25, 0.3) is 5.89 Å². The van der Waals surface area contributed by atoms with Crippen LogP contribution in [0.5, 0.6) is 0 Å². The zero-order valence-corrected chi connectivity index (χ0v) is 11.5. The van der Waals surface area contributed by atoms with Crippen molar-refractivity contribution in [2.45, 2.75) is 0 Å². The Kier molecular flexibility index (Phi) is 3.05. The van der Waals surface area contributed by atoms with E-state index in [4.69, 9.17) is 10.3 Å². The van der Waals surface area contributed by atoms with E-state index in [0.29, 0.717) is 17.4 Å². The molecule has 0 atom stereocenters. The maximum atomic E-state index is 5.65. The third kappa shape index (κ3) is 2.37. The largest absolute Gasteiger partial charge is 0.399 e. The second-order valence-corrected chi connectivity index (χ2v) is 4.88. The molecule has 0 fully saturated rings. The lowest BCUT2D eigenvalue weighted by Gasteiger charge is -1.96. The molecule has 2 N–H and O–H groups in total. The smallest absolute Gasteiger partial charge is 0.258 e. The van der Waals surface area contributed by atoms with E-state index >= 15 is 0 Å². The number of hydrogen-bond donors (Lipinski definition) is 1. The molecular formula is C14H10BrN3O. The molecule has 94 valence electrons. The van der Waals surface area contributed by atoms with Crippen molar-refractivity contribution in [3.05, 3.63) is 53.0 Å². The molecule has 0 amide bonds. The second kappa shape index (κ2) is 4.85. The summed E-state index contributed by atoms with van der Waals surface area (Å²) < 4.78 is 6.21. The van der Waals surface area contributed by atoms with Gasteiger partial charge in [-0.1, -0.05) is 33.2 Å². The third-order valence-corrected chi connectivity index (χ3v) is 3.39. The van der Waals surface area contributed by atoms with Gasteiger partial charge in [0.2, 0.25) is 5.82 Å². The summed E-state index contributed by atoms with van der Waals surface area (Å²) in [5.74, 6) is 1.03. The summed E-state index contributed by atoms with van der Waals surface area (Å²) >= 11 is 3.47. The number of anilines is 1. The lowest BCUT2D eigenvalue weighted by molar-refractivity contribution is 0.432. The summed E-state index contributed by atoms with van der Waals surface area (Å²) in [6, 6.07) is 15.1. The van der Waals surface area contributed by atoms with Gasteiger partial charge in [-0.3, -0.25) is 0 Å². The fraction of sp³-hybridized carbons (Fsp3) is 0. The van der Waals surface area contributed by atoms with Crippen LogP contribution in [0.25, 0.3) is 22.8 Å². The van der Waals surface area contributed by atoms with Gasteiger partial charge in [-0.05, 0) is 36.4 Å². The van der Waals surface area contributed by atoms with Crippen LogP contribution < -0.4 is 5.73 Å². The summed E-state index contributed by atoms with van der Waals surface area (Å²) in [4.78, 5) is 4.39. The molecule has 4 nitrogen and oxygen atoms in total. The number of nitrogen functional groups attached to an aromatic ring is 1. The minimum atomic E-state index is 0.478. The van der Waals surface area contributed by atoms with Gasteiger partial charge in [-0.25, -0.2) is 0 Å². The van der Waals surface area contributed by atoms with E-state index in [1.165, 1.54) is 0 Å². The van der Waals surface area contributed by atoms with Crippen molar-refractivity contribution in [2.24, 2.45) is 0 Å². The minimum absolute atomic E-state index is 0.478. The molecule has 1 aromatic heterocycles. The molecule has 3 aromatic rings. The van der Waals surface area contributed by atoms with E-state index in [9.17, 15) is 0 Å². The standard InChI is InChI=1S/C14H10BrN3O/c15-12-4-2-1-3-11(12)13-17-14(19-18-13)9-5-7-10(16)8-6-9/h1-8H,16H2. The first-order chi connectivity index (χ1) is 9.24. The van der Waals surface area contributed by atoms with Gasteiger partial charge in [0.1, 0.15) is 0 Å². The monoisotopic (exact) mass is 315 g/mol. The first kappa shape index (κ1) is 11.9. The highest BCUT2D eigenvalue weighted by molar-refractivity contribution is 9.10. The van der Waals surface area contributed by atoms with Gasteiger partial charge in [-0.2, -0.15) is 4.98 Å². The zero-order valence-electron chi connectivity index (χ0n) is 9.88. The SMILES string of the molecule is Nc1ccc(-c2nc(-c3ccccc3Br)no2)cc1. The van der Waals surface area contributed by atoms with E-state index in [1.807, 2.05) is 36.4 Å². The third-order valence-electron chi connectivity index (χ3n) is 2.70. The predicted octanol–water partition coefficient (Wildman–Crippen LogP) is 3.75. The molecule has 3 rings (SSSR count). The first-order valence-corrected chi connectivity index (χ1v) is 6.48. The Hall–Kier alpha value is -2.14. The number of nitrogens with two attached hydrogens (primary N) is 1. The molecule has 0 saturated heterocycles. The van der Waals surface area contributed by atoms with E-state index in [1.54, 1.807) is 12.1 Å². The number of benzene rings is 2. The van der Waals surface area contributed by atoms with Gasteiger partial charge in [0.05, 0.1) is 0 Å². The molecule has 0 unspecified atom stereocenters. The van der Waals surface area contributed by atoms with Gasteiger partial charge in [-0.15, -0.1) is 0 Å². The van der Waals surface area contributed by atoms with E-state index in [0.717, 1.165) is 15.6 Å². The Morgan fingerprint density at radius 1 is 1.00 bits per heavy atom. The van der Waals surface area contributed by atoms with Crippen LogP contribution in [-0.2, 0) is 0 Å². The van der Waals surface area contributed by atoms with Crippen molar-refractivity contribution in [2.75, 3.05) is 5.73 Å². The number of hydrogen-bond acceptors (Lipinski definition) is 4. The van der Waals surface area contributed by atoms with Crippen molar-refractivity contribution in [1.82, 2.24) is 10.1 Å². The molecule has 0 bridgehead atoms. The minimum Gasteiger partial charge on any atom is -0.399 e. The molecule has 1 heterocycles. The summed E-state index contributed by atoms with van der Waals surface area (Å²) in [6.07, 6.45) is 0. The molecule has 0 aliphatic carbocycles. The molecule has 0 saturated carbocycles. The van der Waals surface area contributed by atoms with E-state index in [2.05, 4.69) is 26.1 Å². The first-order valence-electron chi connectivity index (χ1n) is 5.68. The Morgan fingerprint density at radius 2 is 1.74 bits per heavy atom. The Labute approximate surface area is 118 Å². The Balaban J connectivity index is 2.00. The van der Waals surface area contributed by atoms with Crippen molar-refractivity contribution in [1.29, 1.82) is 0 Å². The normalized spacial score (nSPS) is 10.6. The molecule has 0 aliphatic rings. The number of rotatable bonds is 2. The van der Waals surface area contributed by atoms with Crippen molar-refractivity contribution in [3.8, 4) is 22.8 Å². The maximum absolute atomic E-state index is 5.65. The van der Waals surface area contributed by atoms with Gasteiger partial charge >= 0.3 is 0 Å². The number of halogens is 1. The molecular weight excluding hydrogens is 306 g/mol. The lowest BCUT2D eigenvalue weighted by Crippen LogP contribution is -1.84. The van der Waals surface area contributed by atoms with Crippen LogP contribution in [0.3, 0.4) is 0 Å². The highest BCUT2D eigenvalue weighted by atomic mass is 79.9. The molecule has 0 spiro atoms. The summed E-state index contributed by atoms with van der Waals surface area (Å²) in [5, 5.41) is 4.00. The second-order valence-electron chi connectivity index (χ2n) is 4.02. The average Bonchev–Trinajstić information content (AvgIpc) is 2.89. The number of nitrogens with zero attached hydrogens (tertiary/aromatic N) is 2. The van der Waals surface area contributed by atoms with Crippen LogP contribution in [0.2, 0.25) is 0 Å². The van der Waals surface area contributed by atoms with Gasteiger partial charge in [0.15, 0.2) is 0 Å². The summed E-state index contributed by atoms with van der Waals surface area (Å²) in [7, 11) is 0. The predicted molar refractivity (Wildman–Crippen MR) is 77.3 cm³/mol. The fourth-order valence-corrected chi connectivity index (χ4v) is 2.18. The zero-order chi connectivity index (χ0) is 13.2. The van der Waals surface area contributed by atoms with Crippen LogP contribution in [0.1, 0.15) is 0 Å². The summed E-state index contributed by atoms with van der Waals surface area (Å²) in [6.45, 7) is 0. The highest BCUT2D eigenvalue weighted by Gasteiger charge is 2.12. The highest BCUT2D eigenvalue weighted by Crippen LogP contribution is 2.27. The van der Waals surface area contributed by atoms with E-state index in [-0.39, 0.29) is 0 Å². The lowest BCUT2D eigenvalue weighted by atomic mass is 10.2. The molecule has 0 radical (unpaired) electrons. The Bertz CT molecular complexity index is 707. The van der Waals surface area contributed by atoms with E-state index < -0.39 is 0 Å². The molecule has 0 aliphatic heterocycles. The van der Waals surface area contributed by atoms with Gasteiger partial charge in [0, 0.05) is 21.3 Å².